The third-order valence-electron chi connectivity index (χ3n) is 2.03. The van der Waals surface area contributed by atoms with Crippen molar-refractivity contribution in [3.63, 3.8) is 0 Å². The SMILES string of the molecule is CN1CC(Nc2cc(Br)ncn2)C(=O)N1. The van der Waals surface area contributed by atoms with Gasteiger partial charge in [-0.1, -0.05) is 0 Å². The Labute approximate surface area is 95.2 Å². The minimum absolute atomic E-state index is 0.0489. The molecule has 1 amide bonds. The van der Waals surface area contributed by atoms with E-state index >= 15 is 0 Å². The Morgan fingerprint density at radius 3 is 3.07 bits per heavy atom. The topological polar surface area (TPSA) is 70.1 Å². The highest BCUT2D eigenvalue weighted by Crippen LogP contribution is 2.12. The first kappa shape index (κ1) is 10.3. The highest BCUT2D eigenvalue weighted by Gasteiger charge is 2.28. The molecule has 2 rings (SSSR count). The van der Waals surface area contributed by atoms with E-state index in [9.17, 15) is 4.79 Å². The number of nitrogens with one attached hydrogen (secondary N) is 2. The molecule has 1 atom stereocenters. The van der Waals surface area contributed by atoms with Gasteiger partial charge in [0.25, 0.3) is 5.91 Å². The summed E-state index contributed by atoms with van der Waals surface area (Å²) in [6.45, 7) is 0.612. The Hall–Kier alpha value is -1.21. The lowest BCUT2D eigenvalue weighted by Crippen LogP contribution is -2.31. The Bertz CT molecular complexity index is 385. The maximum atomic E-state index is 11.4. The van der Waals surface area contributed by atoms with E-state index in [0.29, 0.717) is 17.0 Å². The Morgan fingerprint density at radius 2 is 2.47 bits per heavy atom. The number of hydrazine groups is 1. The first-order valence-electron chi connectivity index (χ1n) is 4.41. The highest BCUT2D eigenvalue weighted by molar-refractivity contribution is 9.10. The fourth-order valence-corrected chi connectivity index (χ4v) is 1.68. The van der Waals surface area contributed by atoms with Crippen LogP contribution in [0.2, 0.25) is 0 Å². The molecule has 80 valence electrons. The van der Waals surface area contributed by atoms with Gasteiger partial charge in [0.15, 0.2) is 0 Å². The summed E-state index contributed by atoms with van der Waals surface area (Å²) < 4.78 is 0.687. The van der Waals surface area contributed by atoms with Gasteiger partial charge in [-0.2, -0.15) is 0 Å². The number of carbonyl (C=O) groups excluding carboxylic acids is 1. The van der Waals surface area contributed by atoms with E-state index in [1.165, 1.54) is 6.33 Å². The van der Waals surface area contributed by atoms with Crippen LogP contribution in [0.25, 0.3) is 0 Å². The van der Waals surface area contributed by atoms with Gasteiger partial charge in [0.1, 0.15) is 22.8 Å². The number of hydrogen-bond acceptors (Lipinski definition) is 5. The zero-order valence-electron chi connectivity index (χ0n) is 8.07. The first-order valence-corrected chi connectivity index (χ1v) is 5.20. The summed E-state index contributed by atoms with van der Waals surface area (Å²) in [5, 5.41) is 4.76. The maximum Gasteiger partial charge on any atom is 0.258 e. The van der Waals surface area contributed by atoms with E-state index in [2.05, 4.69) is 36.6 Å². The van der Waals surface area contributed by atoms with Crippen molar-refractivity contribution in [1.82, 2.24) is 20.4 Å². The van der Waals surface area contributed by atoms with Crippen molar-refractivity contribution in [2.24, 2.45) is 0 Å². The molecule has 1 aromatic rings. The zero-order valence-corrected chi connectivity index (χ0v) is 9.65. The number of nitrogens with zero attached hydrogens (tertiary/aromatic N) is 3. The predicted octanol–water partition coefficient (Wildman–Crippen LogP) is -0.00380. The van der Waals surface area contributed by atoms with Crippen LogP contribution in [0.4, 0.5) is 5.82 Å². The number of rotatable bonds is 2. The summed E-state index contributed by atoms with van der Waals surface area (Å²) in [5.41, 5.74) is 2.68. The molecule has 1 fully saturated rings. The fraction of sp³-hybridized carbons (Fsp3) is 0.375. The number of hydrogen-bond donors (Lipinski definition) is 2. The normalized spacial score (nSPS) is 21.5. The van der Waals surface area contributed by atoms with Crippen molar-refractivity contribution >= 4 is 27.7 Å². The molecule has 1 saturated heterocycles. The van der Waals surface area contributed by atoms with Crippen LogP contribution in [-0.4, -0.2) is 40.5 Å². The summed E-state index contributed by atoms with van der Waals surface area (Å²) in [5.74, 6) is 0.583. The standard InChI is InChI=1S/C8H10BrN5O/c1-14-3-5(8(15)13-14)12-7-2-6(9)10-4-11-7/h2,4-5H,3H2,1H3,(H,13,15)(H,10,11,12). The summed E-state index contributed by atoms with van der Waals surface area (Å²) in [6, 6.07) is 1.46. The van der Waals surface area contributed by atoms with Gasteiger partial charge in [-0.15, -0.1) is 0 Å². The number of likely N-dealkylation sites (N-methyl/N-ethyl adjacent to an activating group) is 1. The van der Waals surface area contributed by atoms with Crippen LogP contribution in [0.5, 0.6) is 0 Å². The zero-order chi connectivity index (χ0) is 10.8. The molecule has 0 aliphatic carbocycles. The maximum absolute atomic E-state index is 11.4. The second-order valence-electron chi connectivity index (χ2n) is 3.28. The quantitative estimate of drug-likeness (QED) is 0.741. The third-order valence-corrected chi connectivity index (χ3v) is 2.46. The van der Waals surface area contributed by atoms with Gasteiger partial charge in [0.05, 0.1) is 0 Å². The van der Waals surface area contributed by atoms with Crippen LogP contribution in [0, 0.1) is 0 Å². The summed E-state index contributed by atoms with van der Waals surface area (Å²) in [7, 11) is 1.81. The van der Waals surface area contributed by atoms with Crippen LogP contribution >= 0.6 is 15.9 Å². The molecule has 6 nitrogen and oxygen atoms in total. The van der Waals surface area contributed by atoms with Crippen LogP contribution in [-0.2, 0) is 4.79 Å². The van der Waals surface area contributed by atoms with E-state index in [1.54, 1.807) is 11.1 Å². The van der Waals surface area contributed by atoms with Gasteiger partial charge < -0.3 is 5.32 Å². The van der Waals surface area contributed by atoms with E-state index in [0.717, 1.165) is 0 Å². The number of halogens is 1. The van der Waals surface area contributed by atoms with E-state index in [4.69, 9.17) is 0 Å². The van der Waals surface area contributed by atoms with Gasteiger partial charge in [-0.05, 0) is 15.9 Å². The lowest BCUT2D eigenvalue weighted by atomic mass is 10.3. The molecule has 1 unspecified atom stereocenters. The molecule has 0 spiro atoms. The van der Waals surface area contributed by atoms with Gasteiger partial charge >= 0.3 is 0 Å². The van der Waals surface area contributed by atoms with E-state index in [-0.39, 0.29) is 11.9 Å². The molecular weight excluding hydrogens is 262 g/mol. The molecule has 1 aromatic heterocycles. The number of amides is 1. The van der Waals surface area contributed by atoms with E-state index < -0.39 is 0 Å². The largest absolute Gasteiger partial charge is 0.357 e. The average molecular weight is 272 g/mol. The average Bonchev–Trinajstić information content (AvgIpc) is 2.45. The molecule has 0 aromatic carbocycles. The monoisotopic (exact) mass is 271 g/mol. The van der Waals surface area contributed by atoms with Crippen LogP contribution < -0.4 is 10.7 Å². The van der Waals surface area contributed by atoms with Crippen molar-refractivity contribution < 1.29 is 4.79 Å². The van der Waals surface area contributed by atoms with Crippen molar-refractivity contribution in [3.05, 3.63) is 17.0 Å². The number of anilines is 1. The van der Waals surface area contributed by atoms with Gasteiger partial charge in [0, 0.05) is 19.7 Å². The first-order chi connectivity index (χ1) is 7.15. The second-order valence-corrected chi connectivity index (χ2v) is 4.09. The number of aromatic nitrogens is 2. The number of carbonyl (C=O) groups is 1. The second kappa shape index (κ2) is 4.11. The van der Waals surface area contributed by atoms with Gasteiger partial charge in [-0.25, -0.2) is 15.0 Å². The molecule has 7 heteroatoms. The summed E-state index contributed by atoms with van der Waals surface area (Å²) in [6.07, 6.45) is 1.43. The van der Waals surface area contributed by atoms with Crippen LogP contribution in [0.1, 0.15) is 0 Å². The fourth-order valence-electron chi connectivity index (χ4n) is 1.37. The van der Waals surface area contributed by atoms with Crippen molar-refractivity contribution in [2.75, 3.05) is 18.9 Å². The molecule has 15 heavy (non-hydrogen) atoms. The molecule has 0 radical (unpaired) electrons. The Balaban J connectivity index is 2.06. The Morgan fingerprint density at radius 1 is 1.67 bits per heavy atom. The van der Waals surface area contributed by atoms with Gasteiger partial charge in [0.2, 0.25) is 0 Å². The predicted molar refractivity (Wildman–Crippen MR) is 57.9 cm³/mol. The third kappa shape index (κ3) is 2.42. The smallest absolute Gasteiger partial charge is 0.258 e. The molecule has 2 heterocycles. The van der Waals surface area contributed by atoms with E-state index in [1.807, 2.05) is 7.05 Å². The summed E-state index contributed by atoms with van der Waals surface area (Å²) >= 11 is 3.24. The van der Waals surface area contributed by atoms with Crippen molar-refractivity contribution in [3.8, 4) is 0 Å². The minimum atomic E-state index is -0.267. The van der Waals surface area contributed by atoms with Gasteiger partial charge in [-0.3, -0.25) is 10.2 Å². The molecule has 1 aliphatic heterocycles. The highest BCUT2D eigenvalue weighted by atomic mass is 79.9. The molecule has 1 aliphatic rings. The van der Waals surface area contributed by atoms with Crippen molar-refractivity contribution in [2.45, 2.75) is 6.04 Å². The van der Waals surface area contributed by atoms with Crippen LogP contribution in [0.15, 0.2) is 17.0 Å². The molecule has 0 saturated carbocycles. The minimum Gasteiger partial charge on any atom is -0.357 e. The lowest BCUT2D eigenvalue weighted by molar-refractivity contribution is -0.121. The molecule has 2 N–H and O–H groups in total. The Kier molecular flexibility index (Phi) is 2.83. The summed E-state index contributed by atoms with van der Waals surface area (Å²) in [4.78, 5) is 19.3. The lowest BCUT2D eigenvalue weighted by Gasteiger charge is -2.09. The molecular formula is C8H10BrN5O. The molecule has 0 bridgehead atoms. The van der Waals surface area contributed by atoms with Crippen LogP contribution in [0.3, 0.4) is 0 Å². The van der Waals surface area contributed by atoms with Crippen molar-refractivity contribution in [1.29, 1.82) is 0 Å².